The van der Waals surface area contributed by atoms with Crippen LogP contribution in [0.15, 0.2) is 42.7 Å². The summed E-state index contributed by atoms with van der Waals surface area (Å²) in [5, 5.41) is 0. The van der Waals surface area contributed by atoms with E-state index in [1.165, 1.54) is 12.7 Å². The number of esters is 1. The Morgan fingerprint density at radius 1 is 1.31 bits per heavy atom. The summed E-state index contributed by atoms with van der Waals surface area (Å²) in [6, 6.07) is 9.37. The van der Waals surface area contributed by atoms with Gasteiger partial charge in [-0.25, -0.2) is 4.79 Å². The minimum Gasteiger partial charge on any atom is -0.465 e. The van der Waals surface area contributed by atoms with Crippen LogP contribution in [-0.4, -0.2) is 17.6 Å². The number of ether oxygens (including phenoxy) is 1. The monoisotopic (exact) mass is 215 g/mol. The summed E-state index contributed by atoms with van der Waals surface area (Å²) in [7, 11) is 1.38. The SMILES string of the molecule is COC(=O)c1cccc(-n2ccc(C)c2)c1. The summed E-state index contributed by atoms with van der Waals surface area (Å²) < 4.78 is 6.66. The van der Waals surface area contributed by atoms with Gasteiger partial charge in [0.1, 0.15) is 0 Å². The molecule has 0 radical (unpaired) electrons. The van der Waals surface area contributed by atoms with Crippen molar-refractivity contribution >= 4 is 5.97 Å². The van der Waals surface area contributed by atoms with Gasteiger partial charge in [-0.1, -0.05) is 6.07 Å². The van der Waals surface area contributed by atoms with Crippen LogP contribution in [0, 0.1) is 6.92 Å². The quantitative estimate of drug-likeness (QED) is 0.721. The highest BCUT2D eigenvalue weighted by molar-refractivity contribution is 5.89. The predicted molar refractivity (Wildman–Crippen MR) is 61.8 cm³/mol. The molecule has 0 bridgehead atoms. The number of aromatic nitrogens is 1. The molecule has 0 unspecified atom stereocenters. The molecule has 0 aliphatic heterocycles. The van der Waals surface area contributed by atoms with Crippen molar-refractivity contribution in [2.45, 2.75) is 6.92 Å². The molecule has 0 N–H and O–H groups in total. The first-order valence-electron chi connectivity index (χ1n) is 5.04. The molecule has 2 rings (SSSR count). The van der Waals surface area contributed by atoms with E-state index in [0.717, 1.165) is 5.69 Å². The summed E-state index contributed by atoms with van der Waals surface area (Å²) in [6.45, 7) is 2.03. The molecule has 3 heteroatoms. The van der Waals surface area contributed by atoms with Crippen molar-refractivity contribution in [2.75, 3.05) is 7.11 Å². The Morgan fingerprint density at radius 2 is 2.12 bits per heavy atom. The van der Waals surface area contributed by atoms with Crippen molar-refractivity contribution in [3.63, 3.8) is 0 Å². The molecule has 0 saturated heterocycles. The molecule has 0 aliphatic carbocycles. The van der Waals surface area contributed by atoms with Gasteiger partial charge in [-0.2, -0.15) is 0 Å². The van der Waals surface area contributed by atoms with Gasteiger partial charge < -0.3 is 9.30 Å². The first-order chi connectivity index (χ1) is 7.70. The molecule has 2 aromatic rings. The maximum Gasteiger partial charge on any atom is 0.337 e. The number of methoxy groups -OCH3 is 1. The van der Waals surface area contributed by atoms with Gasteiger partial charge in [0.05, 0.1) is 12.7 Å². The van der Waals surface area contributed by atoms with E-state index < -0.39 is 0 Å². The van der Waals surface area contributed by atoms with E-state index in [-0.39, 0.29) is 5.97 Å². The molecule has 0 fully saturated rings. The van der Waals surface area contributed by atoms with Crippen molar-refractivity contribution in [1.82, 2.24) is 4.57 Å². The molecule has 82 valence electrons. The van der Waals surface area contributed by atoms with E-state index >= 15 is 0 Å². The maximum atomic E-state index is 11.4. The number of rotatable bonds is 2. The van der Waals surface area contributed by atoms with Crippen LogP contribution >= 0.6 is 0 Å². The number of hydrogen-bond donors (Lipinski definition) is 0. The second-order valence-corrected chi connectivity index (χ2v) is 3.64. The molecule has 0 saturated carbocycles. The van der Waals surface area contributed by atoms with E-state index in [9.17, 15) is 4.79 Å². The summed E-state index contributed by atoms with van der Waals surface area (Å²) in [5.74, 6) is -0.314. The third-order valence-electron chi connectivity index (χ3n) is 2.41. The minimum absolute atomic E-state index is 0.314. The molecule has 1 aromatic heterocycles. The van der Waals surface area contributed by atoms with Crippen LogP contribution < -0.4 is 0 Å². The lowest BCUT2D eigenvalue weighted by Crippen LogP contribution is -2.02. The maximum absolute atomic E-state index is 11.4. The van der Waals surface area contributed by atoms with Crippen LogP contribution in [0.2, 0.25) is 0 Å². The molecule has 1 aromatic carbocycles. The first kappa shape index (κ1) is 10.5. The highest BCUT2D eigenvalue weighted by Gasteiger charge is 2.06. The molecule has 1 heterocycles. The van der Waals surface area contributed by atoms with Gasteiger partial charge in [-0.15, -0.1) is 0 Å². The van der Waals surface area contributed by atoms with Gasteiger partial charge in [-0.3, -0.25) is 0 Å². The number of benzene rings is 1. The molecule has 0 spiro atoms. The molecular formula is C13H13NO2. The van der Waals surface area contributed by atoms with Gasteiger partial charge >= 0.3 is 5.97 Å². The first-order valence-corrected chi connectivity index (χ1v) is 5.04. The predicted octanol–water partition coefficient (Wildman–Crippen LogP) is 2.57. The Hall–Kier alpha value is -2.03. The third kappa shape index (κ3) is 1.98. The zero-order valence-corrected chi connectivity index (χ0v) is 9.31. The Bertz CT molecular complexity index is 514. The van der Waals surface area contributed by atoms with Gasteiger partial charge in [0, 0.05) is 18.1 Å². The van der Waals surface area contributed by atoms with E-state index in [0.29, 0.717) is 5.56 Å². The largest absolute Gasteiger partial charge is 0.465 e. The summed E-state index contributed by atoms with van der Waals surface area (Å²) >= 11 is 0. The fourth-order valence-corrected chi connectivity index (χ4v) is 1.58. The average Bonchev–Trinajstić information content (AvgIpc) is 2.75. The fourth-order valence-electron chi connectivity index (χ4n) is 1.58. The van der Waals surface area contributed by atoms with Crippen molar-refractivity contribution in [2.24, 2.45) is 0 Å². The minimum atomic E-state index is -0.314. The van der Waals surface area contributed by atoms with E-state index in [4.69, 9.17) is 0 Å². The second-order valence-electron chi connectivity index (χ2n) is 3.64. The molecule has 16 heavy (non-hydrogen) atoms. The summed E-state index contributed by atoms with van der Waals surface area (Å²) in [6.07, 6.45) is 3.97. The average molecular weight is 215 g/mol. The second kappa shape index (κ2) is 4.23. The van der Waals surface area contributed by atoms with Gasteiger partial charge in [0.15, 0.2) is 0 Å². The Balaban J connectivity index is 2.39. The smallest absolute Gasteiger partial charge is 0.337 e. The zero-order valence-electron chi connectivity index (χ0n) is 9.31. The van der Waals surface area contributed by atoms with Crippen molar-refractivity contribution in [3.8, 4) is 5.69 Å². The topological polar surface area (TPSA) is 31.2 Å². The highest BCUT2D eigenvalue weighted by atomic mass is 16.5. The fraction of sp³-hybridized carbons (Fsp3) is 0.154. The van der Waals surface area contributed by atoms with Crippen LogP contribution in [0.4, 0.5) is 0 Å². The van der Waals surface area contributed by atoms with Crippen molar-refractivity contribution in [3.05, 3.63) is 53.9 Å². The number of carbonyl (C=O) groups is 1. The van der Waals surface area contributed by atoms with Crippen LogP contribution in [0.25, 0.3) is 5.69 Å². The molecule has 3 nitrogen and oxygen atoms in total. The van der Waals surface area contributed by atoms with Crippen LogP contribution in [0.1, 0.15) is 15.9 Å². The normalized spacial score (nSPS) is 10.1. The lowest BCUT2D eigenvalue weighted by molar-refractivity contribution is 0.0600. The summed E-state index contributed by atoms with van der Waals surface area (Å²) in [4.78, 5) is 11.4. The standard InChI is InChI=1S/C13H13NO2/c1-10-6-7-14(9-10)12-5-3-4-11(8-12)13(15)16-2/h3-9H,1-2H3. The van der Waals surface area contributed by atoms with Crippen LogP contribution in [0.3, 0.4) is 0 Å². The van der Waals surface area contributed by atoms with Crippen LogP contribution in [0.5, 0.6) is 0 Å². The Morgan fingerprint density at radius 3 is 2.75 bits per heavy atom. The van der Waals surface area contributed by atoms with Gasteiger partial charge in [-0.05, 0) is 36.8 Å². The highest BCUT2D eigenvalue weighted by Crippen LogP contribution is 2.13. The third-order valence-corrected chi connectivity index (χ3v) is 2.41. The lowest BCUT2D eigenvalue weighted by Gasteiger charge is -2.04. The van der Waals surface area contributed by atoms with E-state index in [1.54, 1.807) is 6.07 Å². The lowest BCUT2D eigenvalue weighted by atomic mass is 10.2. The number of nitrogens with zero attached hydrogens (tertiary/aromatic N) is 1. The molecule has 0 amide bonds. The molecule has 0 atom stereocenters. The van der Waals surface area contributed by atoms with Gasteiger partial charge in [0.25, 0.3) is 0 Å². The molecule has 0 aliphatic rings. The van der Waals surface area contributed by atoms with Crippen molar-refractivity contribution in [1.29, 1.82) is 0 Å². The zero-order chi connectivity index (χ0) is 11.5. The van der Waals surface area contributed by atoms with Crippen molar-refractivity contribution < 1.29 is 9.53 Å². The van der Waals surface area contributed by atoms with E-state index in [2.05, 4.69) is 4.74 Å². The number of carbonyl (C=O) groups excluding carboxylic acids is 1. The summed E-state index contributed by atoms with van der Waals surface area (Å²) in [5.41, 5.74) is 2.70. The molecular weight excluding hydrogens is 202 g/mol. The van der Waals surface area contributed by atoms with E-state index in [1.807, 2.05) is 48.1 Å². The number of aryl methyl sites for hydroxylation is 1. The van der Waals surface area contributed by atoms with Crippen LogP contribution in [-0.2, 0) is 4.74 Å². The number of hydrogen-bond acceptors (Lipinski definition) is 2. The Kier molecular flexibility index (Phi) is 2.77. The van der Waals surface area contributed by atoms with Gasteiger partial charge in [0.2, 0.25) is 0 Å². The Labute approximate surface area is 94.3 Å².